The van der Waals surface area contributed by atoms with Crippen LogP contribution in [0.15, 0.2) is 48.5 Å². The van der Waals surface area contributed by atoms with Crippen LogP contribution < -0.4 is 0 Å². The molecule has 0 N–H and O–H groups in total. The lowest BCUT2D eigenvalue weighted by atomic mass is 10.2. The Hall–Kier alpha value is -2.31. The van der Waals surface area contributed by atoms with Crippen molar-refractivity contribution in [2.24, 2.45) is 0 Å². The Morgan fingerprint density at radius 3 is 2.56 bits per heavy atom. The molecule has 0 radical (unpaired) electrons. The molecule has 1 heterocycles. The van der Waals surface area contributed by atoms with Gasteiger partial charge < -0.3 is 4.90 Å². The van der Waals surface area contributed by atoms with Gasteiger partial charge in [-0.25, -0.2) is 9.37 Å². The Bertz CT molecular complexity index is 847. The van der Waals surface area contributed by atoms with Crippen molar-refractivity contribution in [3.05, 3.63) is 64.9 Å². The summed E-state index contributed by atoms with van der Waals surface area (Å²) in [4.78, 5) is 20.4. The summed E-state index contributed by atoms with van der Waals surface area (Å²) < 4.78 is 14.8. The van der Waals surface area contributed by atoms with Gasteiger partial charge >= 0.3 is 0 Å². The van der Waals surface area contributed by atoms with Crippen LogP contribution >= 0.6 is 11.3 Å². The highest BCUT2D eigenvalue weighted by molar-refractivity contribution is 7.18. The van der Waals surface area contributed by atoms with Crippen molar-refractivity contribution in [3.63, 3.8) is 0 Å². The summed E-state index contributed by atoms with van der Waals surface area (Å²) in [6, 6.07) is 14.6. The molecule has 3 rings (SSSR count). The number of likely N-dealkylation sites (N-methyl/N-ethyl adjacent to an activating group) is 2. The van der Waals surface area contributed by atoms with Crippen LogP contribution in [0.5, 0.6) is 0 Å². The van der Waals surface area contributed by atoms with Crippen molar-refractivity contribution in [1.29, 1.82) is 0 Å². The molecule has 0 fully saturated rings. The number of carbonyl (C=O) groups is 1. The van der Waals surface area contributed by atoms with E-state index in [1.807, 2.05) is 36.2 Å². The van der Waals surface area contributed by atoms with Gasteiger partial charge in [0, 0.05) is 19.2 Å². The van der Waals surface area contributed by atoms with E-state index in [-0.39, 0.29) is 18.3 Å². The second-order valence-electron chi connectivity index (χ2n) is 6.09. The zero-order chi connectivity index (χ0) is 17.8. The van der Waals surface area contributed by atoms with Crippen LogP contribution in [0.4, 0.5) is 4.39 Å². The summed E-state index contributed by atoms with van der Waals surface area (Å²) in [7, 11) is 3.58. The van der Waals surface area contributed by atoms with Gasteiger partial charge in [0.05, 0.1) is 23.3 Å². The van der Waals surface area contributed by atoms with E-state index in [1.165, 1.54) is 6.07 Å². The average Bonchev–Trinajstić information content (AvgIpc) is 2.99. The molecular weight excluding hydrogens is 337 g/mol. The Labute approximate surface area is 150 Å². The van der Waals surface area contributed by atoms with E-state index in [0.29, 0.717) is 18.7 Å². The molecule has 0 bridgehead atoms. The summed E-state index contributed by atoms with van der Waals surface area (Å²) in [6.45, 7) is 1.11. The third-order valence-corrected chi connectivity index (χ3v) is 4.96. The minimum absolute atomic E-state index is 0.0157. The maximum absolute atomic E-state index is 13.7. The second kappa shape index (κ2) is 7.72. The minimum Gasteiger partial charge on any atom is -0.338 e. The summed E-state index contributed by atoms with van der Waals surface area (Å²) in [5.74, 6) is -0.261. The molecule has 0 saturated heterocycles. The molecule has 3 aromatic rings. The zero-order valence-corrected chi connectivity index (χ0v) is 15.1. The highest BCUT2D eigenvalue weighted by atomic mass is 32.1. The van der Waals surface area contributed by atoms with Crippen molar-refractivity contribution in [2.75, 3.05) is 20.6 Å². The molecule has 0 aliphatic heterocycles. The molecule has 4 nitrogen and oxygen atoms in total. The second-order valence-corrected chi connectivity index (χ2v) is 7.20. The number of para-hydroxylation sites is 1. The molecule has 6 heteroatoms. The number of rotatable bonds is 6. The first-order valence-electron chi connectivity index (χ1n) is 8.03. The fourth-order valence-electron chi connectivity index (χ4n) is 2.60. The van der Waals surface area contributed by atoms with Crippen molar-refractivity contribution in [1.82, 2.24) is 14.8 Å². The van der Waals surface area contributed by atoms with Crippen LogP contribution in [0, 0.1) is 5.82 Å². The number of hydrogen-bond donors (Lipinski definition) is 0. The summed E-state index contributed by atoms with van der Waals surface area (Å²) in [6.07, 6.45) is 0. The highest BCUT2D eigenvalue weighted by Crippen LogP contribution is 2.22. The lowest BCUT2D eigenvalue weighted by Crippen LogP contribution is -2.36. The topological polar surface area (TPSA) is 36.4 Å². The van der Waals surface area contributed by atoms with E-state index in [4.69, 9.17) is 0 Å². The zero-order valence-electron chi connectivity index (χ0n) is 14.3. The Morgan fingerprint density at radius 2 is 1.80 bits per heavy atom. The van der Waals surface area contributed by atoms with Gasteiger partial charge in [-0.15, -0.1) is 11.3 Å². The first kappa shape index (κ1) is 17.5. The van der Waals surface area contributed by atoms with Gasteiger partial charge in [0.2, 0.25) is 5.91 Å². The lowest BCUT2D eigenvalue weighted by molar-refractivity contribution is -0.131. The van der Waals surface area contributed by atoms with Crippen LogP contribution in [0.25, 0.3) is 10.2 Å². The van der Waals surface area contributed by atoms with Crippen LogP contribution in [0.2, 0.25) is 0 Å². The standard InChI is InChI=1S/C19H20FN3OS/c1-22(11-14-7-3-4-8-15(14)20)13-19(24)23(2)12-18-21-16-9-5-6-10-17(16)25-18/h3-10H,11-13H2,1-2H3. The smallest absolute Gasteiger partial charge is 0.236 e. The third-order valence-electron chi connectivity index (χ3n) is 3.94. The Balaban J connectivity index is 1.57. The molecule has 0 saturated carbocycles. The molecular formula is C19H20FN3OS. The van der Waals surface area contributed by atoms with Gasteiger partial charge in [-0.05, 0) is 25.2 Å². The molecule has 25 heavy (non-hydrogen) atoms. The number of fused-ring (bicyclic) bond motifs is 1. The number of carbonyl (C=O) groups excluding carboxylic acids is 1. The monoisotopic (exact) mass is 357 g/mol. The average molecular weight is 357 g/mol. The number of hydrogen-bond acceptors (Lipinski definition) is 4. The van der Waals surface area contributed by atoms with Crippen LogP contribution in [0.1, 0.15) is 10.6 Å². The summed E-state index contributed by atoms with van der Waals surface area (Å²) in [5.41, 5.74) is 1.55. The van der Waals surface area contributed by atoms with E-state index in [2.05, 4.69) is 4.98 Å². The van der Waals surface area contributed by atoms with Crippen LogP contribution in [-0.2, 0) is 17.9 Å². The molecule has 0 atom stereocenters. The Morgan fingerprint density at radius 1 is 1.08 bits per heavy atom. The highest BCUT2D eigenvalue weighted by Gasteiger charge is 2.15. The number of amides is 1. The molecule has 1 aromatic heterocycles. The molecule has 0 spiro atoms. The fraction of sp³-hybridized carbons (Fsp3) is 0.263. The van der Waals surface area contributed by atoms with E-state index < -0.39 is 0 Å². The van der Waals surface area contributed by atoms with Gasteiger partial charge in [-0.1, -0.05) is 30.3 Å². The molecule has 0 aliphatic rings. The van der Waals surface area contributed by atoms with Gasteiger partial charge in [0.15, 0.2) is 0 Å². The Kier molecular flexibility index (Phi) is 5.40. The number of nitrogens with zero attached hydrogens (tertiary/aromatic N) is 3. The SMILES string of the molecule is CN(CC(=O)N(C)Cc1nc2ccccc2s1)Cc1ccccc1F. The predicted molar refractivity (Wildman–Crippen MR) is 98.8 cm³/mol. The quantitative estimate of drug-likeness (QED) is 0.677. The van der Waals surface area contributed by atoms with E-state index in [0.717, 1.165) is 15.2 Å². The number of halogens is 1. The first-order chi connectivity index (χ1) is 12.0. The number of aromatic nitrogens is 1. The summed E-state index contributed by atoms with van der Waals surface area (Å²) in [5, 5.41) is 0.911. The minimum atomic E-state index is -0.246. The van der Waals surface area contributed by atoms with Crippen molar-refractivity contribution in [2.45, 2.75) is 13.1 Å². The van der Waals surface area contributed by atoms with E-state index in [1.54, 1.807) is 41.5 Å². The van der Waals surface area contributed by atoms with Gasteiger partial charge in [0.1, 0.15) is 10.8 Å². The van der Waals surface area contributed by atoms with Crippen molar-refractivity contribution < 1.29 is 9.18 Å². The van der Waals surface area contributed by atoms with E-state index in [9.17, 15) is 9.18 Å². The van der Waals surface area contributed by atoms with Crippen molar-refractivity contribution in [3.8, 4) is 0 Å². The van der Waals surface area contributed by atoms with E-state index >= 15 is 0 Å². The fourth-order valence-corrected chi connectivity index (χ4v) is 3.62. The normalized spacial score (nSPS) is 11.2. The first-order valence-corrected chi connectivity index (χ1v) is 8.85. The van der Waals surface area contributed by atoms with Crippen molar-refractivity contribution >= 4 is 27.5 Å². The molecule has 0 aliphatic carbocycles. The molecule has 130 valence electrons. The largest absolute Gasteiger partial charge is 0.338 e. The molecule has 1 amide bonds. The predicted octanol–water partition coefficient (Wildman–Crippen LogP) is 3.53. The maximum atomic E-state index is 13.7. The van der Waals surface area contributed by atoms with Gasteiger partial charge in [-0.2, -0.15) is 0 Å². The van der Waals surface area contributed by atoms with Gasteiger partial charge in [0.25, 0.3) is 0 Å². The van der Waals surface area contributed by atoms with Crippen LogP contribution in [-0.4, -0.2) is 41.3 Å². The third kappa shape index (κ3) is 4.41. The molecule has 0 unspecified atom stereocenters. The number of thiazole rings is 1. The lowest BCUT2D eigenvalue weighted by Gasteiger charge is -2.21. The molecule has 2 aromatic carbocycles. The maximum Gasteiger partial charge on any atom is 0.236 e. The van der Waals surface area contributed by atoms with Crippen LogP contribution in [0.3, 0.4) is 0 Å². The number of benzene rings is 2. The van der Waals surface area contributed by atoms with Gasteiger partial charge in [-0.3, -0.25) is 9.69 Å². The summed E-state index contributed by atoms with van der Waals surface area (Å²) >= 11 is 1.60.